The SMILES string of the molecule is CN=C(NCCOC1CCCCCC1)NCc1nc(-c2cccc(Cl)c2)no1.I. The second-order valence-corrected chi connectivity index (χ2v) is 7.30. The first-order chi connectivity index (χ1) is 13.7. The van der Waals surface area contributed by atoms with Crippen molar-refractivity contribution in [2.45, 2.75) is 51.2 Å². The standard InChI is InChI=1S/C20H28ClN5O2.HI/c1-22-20(23-11-12-27-17-9-4-2-3-5-10-17)24-14-18-25-19(26-28-18)15-7-6-8-16(21)13-15;/h6-8,13,17H,2-5,9-12,14H2,1H3,(H2,22,23,24);1H. The molecule has 0 spiro atoms. The molecule has 0 amide bonds. The number of benzene rings is 1. The Balaban J connectivity index is 0.00000300. The highest BCUT2D eigenvalue weighted by molar-refractivity contribution is 14.0. The average Bonchev–Trinajstić information content (AvgIpc) is 3.03. The molecule has 1 fully saturated rings. The van der Waals surface area contributed by atoms with Gasteiger partial charge in [0.2, 0.25) is 11.7 Å². The lowest BCUT2D eigenvalue weighted by Gasteiger charge is -2.16. The van der Waals surface area contributed by atoms with E-state index in [2.05, 4.69) is 25.8 Å². The zero-order valence-electron chi connectivity index (χ0n) is 16.7. The molecule has 0 atom stereocenters. The molecule has 1 heterocycles. The fourth-order valence-electron chi connectivity index (χ4n) is 3.26. The van der Waals surface area contributed by atoms with E-state index in [9.17, 15) is 0 Å². The molecule has 0 aliphatic heterocycles. The first-order valence-electron chi connectivity index (χ1n) is 9.89. The van der Waals surface area contributed by atoms with Gasteiger partial charge in [0.15, 0.2) is 5.96 Å². The smallest absolute Gasteiger partial charge is 0.246 e. The van der Waals surface area contributed by atoms with Gasteiger partial charge in [0.05, 0.1) is 19.3 Å². The molecule has 0 unspecified atom stereocenters. The number of halogens is 2. The topological polar surface area (TPSA) is 84.6 Å². The summed E-state index contributed by atoms with van der Waals surface area (Å²) < 4.78 is 11.3. The van der Waals surface area contributed by atoms with E-state index in [0.29, 0.717) is 48.5 Å². The zero-order valence-corrected chi connectivity index (χ0v) is 19.8. The molecule has 29 heavy (non-hydrogen) atoms. The second-order valence-electron chi connectivity index (χ2n) is 6.86. The number of rotatable bonds is 7. The number of guanidine groups is 1. The van der Waals surface area contributed by atoms with Gasteiger partial charge >= 0.3 is 0 Å². The van der Waals surface area contributed by atoms with E-state index >= 15 is 0 Å². The lowest BCUT2D eigenvalue weighted by atomic mass is 10.1. The summed E-state index contributed by atoms with van der Waals surface area (Å²) in [6.07, 6.45) is 8.00. The van der Waals surface area contributed by atoms with Crippen LogP contribution in [0.4, 0.5) is 0 Å². The van der Waals surface area contributed by atoms with Crippen molar-refractivity contribution in [2.75, 3.05) is 20.2 Å². The molecule has 1 aliphatic carbocycles. The number of nitrogens with one attached hydrogen (secondary N) is 2. The van der Waals surface area contributed by atoms with E-state index < -0.39 is 0 Å². The van der Waals surface area contributed by atoms with Crippen LogP contribution in [0.15, 0.2) is 33.8 Å². The van der Waals surface area contributed by atoms with Crippen molar-refractivity contribution in [1.82, 2.24) is 20.8 Å². The Bertz CT molecular complexity index is 763. The van der Waals surface area contributed by atoms with Crippen molar-refractivity contribution < 1.29 is 9.26 Å². The lowest BCUT2D eigenvalue weighted by molar-refractivity contribution is 0.0468. The van der Waals surface area contributed by atoms with Crippen molar-refractivity contribution in [1.29, 1.82) is 0 Å². The van der Waals surface area contributed by atoms with Crippen molar-refractivity contribution in [3.8, 4) is 11.4 Å². The van der Waals surface area contributed by atoms with Crippen LogP contribution in [0.2, 0.25) is 5.02 Å². The normalized spacial score (nSPS) is 15.4. The average molecular weight is 534 g/mol. The first-order valence-corrected chi connectivity index (χ1v) is 10.3. The Morgan fingerprint density at radius 3 is 2.76 bits per heavy atom. The van der Waals surface area contributed by atoms with Crippen LogP contribution in [0.25, 0.3) is 11.4 Å². The Morgan fingerprint density at radius 1 is 1.24 bits per heavy atom. The first kappa shape index (κ1) is 23.9. The van der Waals surface area contributed by atoms with Crippen LogP contribution in [-0.4, -0.2) is 42.4 Å². The van der Waals surface area contributed by atoms with Gasteiger partial charge in [0, 0.05) is 24.2 Å². The molecule has 1 aromatic carbocycles. The van der Waals surface area contributed by atoms with Crippen molar-refractivity contribution in [3.63, 3.8) is 0 Å². The number of aliphatic imine (C=N–C) groups is 1. The lowest BCUT2D eigenvalue weighted by Crippen LogP contribution is -2.39. The van der Waals surface area contributed by atoms with Crippen molar-refractivity contribution >= 4 is 41.5 Å². The zero-order chi connectivity index (χ0) is 19.6. The minimum atomic E-state index is 0. The van der Waals surface area contributed by atoms with Gasteiger partial charge in [0.1, 0.15) is 0 Å². The summed E-state index contributed by atoms with van der Waals surface area (Å²) in [6.45, 7) is 1.76. The highest BCUT2D eigenvalue weighted by Gasteiger charge is 2.12. The minimum Gasteiger partial charge on any atom is -0.376 e. The molecule has 2 aromatic rings. The highest BCUT2D eigenvalue weighted by Crippen LogP contribution is 2.20. The fourth-order valence-corrected chi connectivity index (χ4v) is 3.45. The van der Waals surface area contributed by atoms with Gasteiger partial charge in [-0.15, -0.1) is 24.0 Å². The van der Waals surface area contributed by atoms with Crippen LogP contribution in [0.5, 0.6) is 0 Å². The minimum absolute atomic E-state index is 0. The fraction of sp³-hybridized carbons (Fsp3) is 0.550. The summed E-state index contributed by atoms with van der Waals surface area (Å²) in [5.74, 6) is 1.67. The van der Waals surface area contributed by atoms with Gasteiger partial charge in [-0.3, -0.25) is 4.99 Å². The number of hydrogen-bond donors (Lipinski definition) is 2. The van der Waals surface area contributed by atoms with Crippen LogP contribution in [0, 0.1) is 0 Å². The maximum Gasteiger partial charge on any atom is 0.246 e. The molecular formula is C20H29ClIN5O2. The van der Waals surface area contributed by atoms with Gasteiger partial charge in [0.25, 0.3) is 0 Å². The highest BCUT2D eigenvalue weighted by atomic mass is 127. The van der Waals surface area contributed by atoms with E-state index in [1.54, 1.807) is 13.1 Å². The maximum absolute atomic E-state index is 6.01. The Morgan fingerprint density at radius 2 is 2.03 bits per heavy atom. The molecular weight excluding hydrogens is 505 g/mol. The Kier molecular flexibility index (Phi) is 10.7. The monoisotopic (exact) mass is 533 g/mol. The van der Waals surface area contributed by atoms with E-state index in [0.717, 1.165) is 5.56 Å². The van der Waals surface area contributed by atoms with E-state index in [4.69, 9.17) is 20.9 Å². The number of aromatic nitrogens is 2. The van der Waals surface area contributed by atoms with Gasteiger partial charge in [-0.25, -0.2) is 0 Å². The largest absolute Gasteiger partial charge is 0.376 e. The number of nitrogens with zero attached hydrogens (tertiary/aromatic N) is 3. The van der Waals surface area contributed by atoms with Crippen molar-refractivity contribution in [3.05, 3.63) is 35.2 Å². The molecule has 0 saturated heterocycles. The maximum atomic E-state index is 6.01. The predicted octanol–water partition coefficient (Wildman–Crippen LogP) is 4.41. The second kappa shape index (κ2) is 13.0. The molecule has 0 radical (unpaired) electrons. The molecule has 1 aromatic heterocycles. The molecule has 1 saturated carbocycles. The molecule has 7 nitrogen and oxygen atoms in total. The summed E-state index contributed by atoms with van der Waals surface area (Å²) in [5.41, 5.74) is 0.820. The third-order valence-corrected chi connectivity index (χ3v) is 4.97. The van der Waals surface area contributed by atoms with Gasteiger partial charge < -0.3 is 19.9 Å². The van der Waals surface area contributed by atoms with Crippen LogP contribution in [-0.2, 0) is 11.3 Å². The molecule has 0 bridgehead atoms. The quantitative estimate of drug-likeness (QED) is 0.180. The summed E-state index contributed by atoms with van der Waals surface area (Å²) >= 11 is 6.01. The van der Waals surface area contributed by atoms with Crippen LogP contribution in [0.1, 0.15) is 44.4 Å². The summed E-state index contributed by atoms with van der Waals surface area (Å²) in [7, 11) is 1.73. The Hall–Kier alpha value is -1.39. The van der Waals surface area contributed by atoms with E-state index in [-0.39, 0.29) is 24.0 Å². The molecule has 1 aliphatic rings. The molecule has 9 heteroatoms. The van der Waals surface area contributed by atoms with Crippen LogP contribution in [0.3, 0.4) is 0 Å². The predicted molar refractivity (Wildman–Crippen MR) is 126 cm³/mol. The number of ether oxygens (including phenoxy) is 1. The summed E-state index contributed by atoms with van der Waals surface area (Å²) in [4.78, 5) is 8.60. The summed E-state index contributed by atoms with van der Waals surface area (Å²) in [6, 6.07) is 7.36. The van der Waals surface area contributed by atoms with Gasteiger partial charge in [-0.05, 0) is 25.0 Å². The van der Waals surface area contributed by atoms with Gasteiger partial charge in [-0.2, -0.15) is 4.98 Å². The Labute approximate surface area is 194 Å². The van der Waals surface area contributed by atoms with E-state index in [1.165, 1.54) is 38.5 Å². The number of hydrogen-bond acceptors (Lipinski definition) is 5. The van der Waals surface area contributed by atoms with Gasteiger partial charge in [-0.1, -0.05) is 54.6 Å². The van der Waals surface area contributed by atoms with Crippen LogP contribution >= 0.6 is 35.6 Å². The molecule has 3 rings (SSSR count). The summed E-state index contributed by atoms with van der Waals surface area (Å²) in [5, 5.41) is 11.1. The van der Waals surface area contributed by atoms with Crippen LogP contribution < -0.4 is 10.6 Å². The third kappa shape index (κ3) is 8.10. The van der Waals surface area contributed by atoms with E-state index in [1.807, 2.05) is 18.2 Å². The van der Waals surface area contributed by atoms with Crippen molar-refractivity contribution in [2.24, 2.45) is 4.99 Å². The molecule has 160 valence electrons. The third-order valence-electron chi connectivity index (χ3n) is 4.73. The molecule has 2 N–H and O–H groups in total.